The number of nitrogens with two attached hydrogens (primary N) is 1. The molecule has 1 aromatic carbocycles. The highest BCUT2D eigenvalue weighted by Crippen LogP contribution is 2.54. The van der Waals surface area contributed by atoms with Gasteiger partial charge in [0.15, 0.2) is 11.5 Å². The summed E-state index contributed by atoms with van der Waals surface area (Å²) in [5, 5.41) is 19.1. The summed E-state index contributed by atoms with van der Waals surface area (Å²) in [6.45, 7) is 1.94. The van der Waals surface area contributed by atoms with Gasteiger partial charge in [-0.15, -0.1) is 0 Å². The molecule has 0 amide bonds. The van der Waals surface area contributed by atoms with Crippen molar-refractivity contribution < 1.29 is 10.2 Å². The fourth-order valence-electron chi connectivity index (χ4n) is 2.04. The quantitative estimate of drug-likeness (QED) is 0.623. The highest BCUT2D eigenvalue weighted by Gasteiger charge is 2.49. The van der Waals surface area contributed by atoms with Crippen molar-refractivity contribution in [1.82, 2.24) is 0 Å². The molecule has 0 radical (unpaired) electrons. The Kier molecular flexibility index (Phi) is 1.93. The summed E-state index contributed by atoms with van der Waals surface area (Å²) < 4.78 is 0. The molecule has 1 unspecified atom stereocenters. The zero-order valence-electron chi connectivity index (χ0n) is 8.20. The molecule has 0 spiro atoms. The predicted molar refractivity (Wildman–Crippen MR) is 54.3 cm³/mol. The molecule has 0 aromatic heterocycles. The fraction of sp³-hybridized carbons (Fsp3) is 0.455. The lowest BCUT2D eigenvalue weighted by Crippen LogP contribution is -2.31. The summed E-state index contributed by atoms with van der Waals surface area (Å²) in [6.07, 6.45) is 1.98. The second-order valence-corrected chi connectivity index (χ2v) is 4.12. The first kappa shape index (κ1) is 9.34. The summed E-state index contributed by atoms with van der Waals surface area (Å²) in [7, 11) is 0. The van der Waals surface area contributed by atoms with Crippen LogP contribution in [0.15, 0.2) is 18.2 Å². The monoisotopic (exact) mass is 193 g/mol. The number of phenolic OH excluding ortho intramolecular Hbond substituents is 2. The van der Waals surface area contributed by atoms with Crippen LogP contribution in [0.4, 0.5) is 0 Å². The molecule has 2 rings (SSSR count). The van der Waals surface area contributed by atoms with E-state index in [2.05, 4.69) is 0 Å². The van der Waals surface area contributed by atoms with Crippen LogP contribution in [-0.2, 0) is 5.41 Å². The topological polar surface area (TPSA) is 66.5 Å². The van der Waals surface area contributed by atoms with Crippen molar-refractivity contribution in [3.05, 3.63) is 23.8 Å². The molecule has 0 saturated heterocycles. The first-order chi connectivity index (χ1) is 6.58. The summed E-state index contributed by atoms with van der Waals surface area (Å²) in [5.74, 6) is -0.0725. The molecule has 0 aliphatic heterocycles. The van der Waals surface area contributed by atoms with Crippen LogP contribution in [0, 0.1) is 0 Å². The van der Waals surface area contributed by atoms with E-state index in [1.807, 2.05) is 13.0 Å². The third-order valence-electron chi connectivity index (χ3n) is 3.21. The minimum atomic E-state index is -0.108. The van der Waals surface area contributed by atoms with Gasteiger partial charge in [-0.3, -0.25) is 0 Å². The molecule has 1 aliphatic carbocycles. The van der Waals surface area contributed by atoms with Crippen molar-refractivity contribution in [3.8, 4) is 11.5 Å². The Hall–Kier alpha value is -1.22. The van der Waals surface area contributed by atoms with Crippen LogP contribution in [0.5, 0.6) is 11.5 Å². The SMILES string of the molecule is CC(N)C1(c2cccc(O)c2O)CC1. The molecule has 1 saturated carbocycles. The zero-order valence-corrected chi connectivity index (χ0v) is 8.20. The molecular formula is C11H15NO2. The van der Waals surface area contributed by atoms with Gasteiger partial charge in [0.25, 0.3) is 0 Å². The van der Waals surface area contributed by atoms with E-state index in [1.165, 1.54) is 6.07 Å². The summed E-state index contributed by atoms with van der Waals surface area (Å²) in [4.78, 5) is 0. The van der Waals surface area contributed by atoms with E-state index in [0.29, 0.717) is 0 Å². The largest absolute Gasteiger partial charge is 0.504 e. The first-order valence-corrected chi connectivity index (χ1v) is 4.85. The summed E-state index contributed by atoms with van der Waals surface area (Å²) in [5.41, 5.74) is 6.57. The van der Waals surface area contributed by atoms with E-state index >= 15 is 0 Å². The Bertz CT molecular complexity index is 356. The second-order valence-electron chi connectivity index (χ2n) is 4.12. The van der Waals surface area contributed by atoms with Crippen molar-refractivity contribution >= 4 is 0 Å². The van der Waals surface area contributed by atoms with Gasteiger partial charge in [-0.25, -0.2) is 0 Å². The van der Waals surface area contributed by atoms with Gasteiger partial charge < -0.3 is 15.9 Å². The summed E-state index contributed by atoms with van der Waals surface area (Å²) in [6, 6.07) is 5.07. The predicted octanol–water partition coefficient (Wildman–Crippen LogP) is 1.48. The maximum absolute atomic E-state index is 9.72. The molecule has 3 heteroatoms. The highest BCUT2D eigenvalue weighted by atomic mass is 16.3. The molecule has 3 nitrogen and oxygen atoms in total. The van der Waals surface area contributed by atoms with Crippen LogP contribution < -0.4 is 5.73 Å². The molecule has 14 heavy (non-hydrogen) atoms. The van der Waals surface area contributed by atoms with E-state index in [0.717, 1.165) is 18.4 Å². The van der Waals surface area contributed by atoms with Gasteiger partial charge in [0.2, 0.25) is 0 Å². The van der Waals surface area contributed by atoms with E-state index in [4.69, 9.17) is 5.73 Å². The Morgan fingerprint density at radius 2 is 2.00 bits per heavy atom. The fourth-order valence-corrected chi connectivity index (χ4v) is 2.04. The van der Waals surface area contributed by atoms with Gasteiger partial charge in [-0.05, 0) is 25.8 Å². The molecule has 0 bridgehead atoms. The number of benzene rings is 1. The molecular weight excluding hydrogens is 178 g/mol. The number of para-hydroxylation sites is 1. The Morgan fingerprint density at radius 1 is 1.36 bits per heavy atom. The summed E-state index contributed by atoms with van der Waals surface area (Å²) >= 11 is 0. The smallest absolute Gasteiger partial charge is 0.161 e. The van der Waals surface area contributed by atoms with Crippen LogP contribution in [-0.4, -0.2) is 16.3 Å². The van der Waals surface area contributed by atoms with Gasteiger partial charge in [0.1, 0.15) is 0 Å². The molecule has 76 valence electrons. The van der Waals surface area contributed by atoms with E-state index in [9.17, 15) is 10.2 Å². The molecule has 1 atom stereocenters. The number of rotatable bonds is 2. The average molecular weight is 193 g/mol. The third kappa shape index (κ3) is 1.16. The molecule has 1 fully saturated rings. The minimum absolute atomic E-state index is 0.00944. The number of aromatic hydroxyl groups is 2. The van der Waals surface area contributed by atoms with Crippen molar-refractivity contribution in [2.45, 2.75) is 31.2 Å². The molecule has 0 heterocycles. The van der Waals surface area contributed by atoms with Crippen LogP contribution in [0.3, 0.4) is 0 Å². The molecule has 1 aliphatic rings. The van der Waals surface area contributed by atoms with Crippen LogP contribution >= 0.6 is 0 Å². The van der Waals surface area contributed by atoms with E-state index < -0.39 is 0 Å². The highest BCUT2D eigenvalue weighted by molar-refractivity contribution is 5.51. The van der Waals surface area contributed by atoms with E-state index in [-0.39, 0.29) is 23.0 Å². The average Bonchev–Trinajstić information content (AvgIpc) is 2.90. The third-order valence-corrected chi connectivity index (χ3v) is 3.21. The standard InChI is InChI=1S/C11H15NO2/c1-7(12)11(5-6-11)8-3-2-4-9(13)10(8)14/h2-4,7,13-14H,5-6,12H2,1H3. The van der Waals surface area contributed by atoms with Gasteiger partial charge >= 0.3 is 0 Å². The Morgan fingerprint density at radius 3 is 2.50 bits per heavy atom. The zero-order chi connectivity index (χ0) is 10.3. The molecule has 4 N–H and O–H groups in total. The van der Waals surface area contributed by atoms with Gasteiger partial charge in [0, 0.05) is 17.0 Å². The minimum Gasteiger partial charge on any atom is -0.504 e. The number of hydrogen-bond donors (Lipinski definition) is 3. The van der Waals surface area contributed by atoms with Crippen molar-refractivity contribution in [2.75, 3.05) is 0 Å². The van der Waals surface area contributed by atoms with Crippen LogP contribution in [0.2, 0.25) is 0 Å². The van der Waals surface area contributed by atoms with Gasteiger partial charge in [0.05, 0.1) is 0 Å². The van der Waals surface area contributed by atoms with Crippen molar-refractivity contribution in [3.63, 3.8) is 0 Å². The number of phenols is 2. The van der Waals surface area contributed by atoms with Crippen LogP contribution in [0.1, 0.15) is 25.3 Å². The maximum atomic E-state index is 9.72. The maximum Gasteiger partial charge on any atom is 0.161 e. The lowest BCUT2D eigenvalue weighted by molar-refractivity contribution is 0.390. The lowest BCUT2D eigenvalue weighted by Gasteiger charge is -2.21. The lowest BCUT2D eigenvalue weighted by atomic mass is 9.88. The second kappa shape index (κ2) is 2.89. The Labute approximate surface area is 83.2 Å². The van der Waals surface area contributed by atoms with Gasteiger partial charge in [-0.1, -0.05) is 12.1 Å². The van der Waals surface area contributed by atoms with Crippen molar-refractivity contribution in [2.24, 2.45) is 5.73 Å². The Balaban J connectivity index is 2.47. The number of hydrogen-bond acceptors (Lipinski definition) is 3. The van der Waals surface area contributed by atoms with Crippen molar-refractivity contribution in [1.29, 1.82) is 0 Å². The molecule has 1 aromatic rings. The first-order valence-electron chi connectivity index (χ1n) is 4.85. The van der Waals surface area contributed by atoms with Gasteiger partial charge in [-0.2, -0.15) is 0 Å². The van der Waals surface area contributed by atoms with E-state index in [1.54, 1.807) is 6.07 Å². The van der Waals surface area contributed by atoms with Crippen LogP contribution in [0.25, 0.3) is 0 Å². The normalized spacial score (nSPS) is 20.4.